The van der Waals surface area contributed by atoms with E-state index in [1.165, 1.54) is 17.1 Å². The predicted molar refractivity (Wildman–Crippen MR) is 50.0 cm³/mol. The molecule has 0 fully saturated rings. The van der Waals surface area contributed by atoms with E-state index in [1.807, 2.05) is 6.92 Å². The van der Waals surface area contributed by atoms with Gasteiger partial charge in [0.15, 0.2) is 0 Å². The van der Waals surface area contributed by atoms with Crippen molar-refractivity contribution in [1.82, 2.24) is 4.90 Å². The maximum absolute atomic E-state index is 11.3. The van der Waals surface area contributed by atoms with E-state index < -0.39 is 0 Å². The summed E-state index contributed by atoms with van der Waals surface area (Å²) >= 11 is 0. The van der Waals surface area contributed by atoms with E-state index in [1.54, 1.807) is 0 Å². The van der Waals surface area contributed by atoms with Crippen molar-refractivity contribution >= 4 is 11.8 Å². The van der Waals surface area contributed by atoms with E-state index in [2.05, 4.69) is 6.92 Å². The zero-order chi connectivity index (χ0) is 9.84. The SMILES string of the molecule is CCC[C@H](CC)N1C(=O)C=CC1=O. The van der Waals surface area contributed by atoms with Crippen LogP contribution < -0.4 is 0 Å². The van der Waals surface area contributed by atoms with Crippen LogP contribution >= 0.6 is 0 Å². The molecule has 0 aliphatic carbocycles. The lowest BCUT2D eigenvalue weighted by molar-refractivity contribution is -0.139. The number of hydrogen-bond donors (Lipinski definition) is 0. The normalized spacial score (nSPS) is 18.5. The second-order valence-corrected chi connectivity index (χ2v) is 3.23. The second-order valence-electron chi connectivity index (χ2n) is 3.23. The second kappa shape index (κ2) is 4.21. The third-order valence-corrected chi connectivity index (χ3v) is 2.30. The van der Waals surface area contributed by atoms with Crippen LogP contribution in [0.2, 0.25) is 0 Å². The fraction of sp³-hybridized carbons (Fsp3) is 0.600. The van der Waals surface area contributed by atoms with Gasteiger partial charge in [-0.3, -0.25) is 14.5 Å². The lowest BCUT2D eigenvalue weighted by atomic mass is 10.1. The molecule has 13 heavy (non-hydrogen) atoms. The van der Waals surface area contributed by atoms with Gasteiger partial charge in [-0.15, -0.1) is 0 Å². The minimum Gasteiger partial charge on any atom is -0.272 e. The molecule has 0 aromatic heterocycles. The maximum atomic E-state index is 11.3. The number of amides is 2. The van der Waals surface area contributed by atoms with E-state index >= 15 is 0 Å². The third-order valence-electron chi connectivity index (χ3n) is 2.30. The number of imide groups is 1. The Morgan fingerprint density at radius 3 is 2.15 bits per heavy atom. The van der Waals surface area contributed by atoms with Crippen molar-refractivity contribution in [3.8, 4) is 0 Å². The summed E-state index contributed by atoms with van der Waals surface area (Å²) in [4.78, 5) is 23.9. The molecular weight excluding hydrogens is 166 g/mol. The number of nitrogens with zero attached hydrogens (tertiary/aromatic N) is 1. The molecule has 1 aliphatic rings. The van der Waals surface area contributed by atoms with E-state index in [0.717, 1.165) is 19.3 Å². The first-order chi connectivity index (χ1) is 6.20. The predicted octanol–water partition coefficient (Wildman–Crippen LogP) is 1.49. The average molecular weight is 181 g/mol. The molecule has 0 aromatic rings. The molecule has 1 atom stereocenters. The molecule has 0 aromatic carbocycles. The van der Waals surface area contributed by atoms with Gasteiger partial charge in [0.25, 0.3) is 11.8 Å². The fourth-order valence-electron chi connectivity index (χ4n) is 1.62. The van der Waals surface area contributed by atoms with Crippen molar-refractivity contribution in [1.29, 1.82) is 0 Å². The summed E-state index contributed by atoms with van der Waals surface area (Å²) in [6, 6.07) is 0.0833. The average Bonchev–Trinajstić information content (AvgIpc) is 2.43. The lowest BCUT2D eigenvalue weighted by Crippen LogP contribution is -2.39. The number of carbonyl (C=O) groups is 2. The molecule has 72 valence electrons. The molecule has 1 aliphatic heterocycles. The quantitative estimate of drug-likeness (QED) is 0.616. The Labute approximate surface area is 78.4 Å². The Morgan fingerprint density at radius 2 is 1.77 bits per heavy atom. The summed E-state index contributed by atoms with van der Waals surface area (Å²) in [6.07, 6.45) is 5.43. The van der Waals surface area contributed by atoms with E-state index in [0.29, 0.717) is 0 Å². The van der Waals surface area contributed by atoms with Crippen LogP contribution in [0.3, 0.4) is 0 Å². The smallest absolute Gasteiger partial charge is 0.253 e. The highest BCUT2D eigenvalue weighted by Crippen LogP contribution is 2.15. The largest absolute Gasteiger partial charge is 0.272 e. The van der Waals surface area contributed by atoms with Crippen LogP contribution in [0.25, 0.3) is 0 Å². The molecule has 0 N–H and O–H groups in total. The van der Waals surface area contributed by atoms with Crippen molar-refractivity contribution in [3.63, 3.8) is 0 Å². The molecule has 0 radical (unpaired) electrons. The monoisotopic (exact) mass is 181 g/mol. The number of carbonyl (C=O) groups excluding carboxylic acids is 2. The number of hydrogen-bond acceptors (Lipinski definition) is 2. The Kier molecular flexibility index (Phi) is 3.23. The molecule has 0 saturated carbocycles. The first kappa shape index (κ1) is 9.96. The van der Waals surface area contributed by atoms with Crippen LogP contribution in [0.15, 0.2) is 12.2 Å². The van der Waals surface area contributed by atoms with Gasteiger partial charge in [-0.1, -0.05) is 20.3 Å². The van der Waals surface area contributed by atoms with Crippen molar-refractivity contribution in [2.75, 3.05) is 0 Å². The molecule has 0 spiro atoms. The molecule has 0 saturated heterocycles. The molecule has 0 unspecified atom stereocenters. The van der Waals surface area contributed by atoms with E-state index in [9.17, 15) is 9.59 Å². The molecular formula is C10H15NO2. The molecule has 3 nitrogen and oxygen atoms in total. The van der Waals surface area contributed by atoms with Crippen LogP contribution in [0.1, 0.15) is 33.1 Å². The Hall–Kier alpha value is -1.12. The van der Waals surface area contributed by atoms with Gasteiger partial charge >= 0.3 is 0 Å². The van der Waals surface area contributed by atoms with Gasteiger partial charge in [-0.2, -0.15) is 0 Å². The highest BCUT2D eigenvalue weighted by Gasteiger charge is 2.29. The van der Waals surface area contributed by atoms with Gasteiger partial charge in [-0.25, -0.2) is 0 Å². The van der Waals surface area contributed by atoms with Gasteiger partial charge in [-0.05, 0) is 12.8 Å². The third kappa shape index (κ3) is 1.97. The fourth-order valence-corrected chi connectivity index (χ4v) is 1.62. The highest BCUT2D eigenvalue weighted by molar-refractivity contribution is 6.13. The van der Waals surface area contributed by atoms with Crippen molar-refractivity contribution in [3.05, 3.63) is 12.2 Å². The van der Waals surface area contributed by atoms with Gasteiger partial charge in [0.05, 0.1) is 0 Å². The van der Waals surface area contributed by atoms with Gasteiger partial charge in [0, 0.05) is 18.2 Å². The molecule has 1 rings (SSSR count). The Morgan fingerprint density at radius 1 is 1.23 bits per heavy atom. The Balaban J connectivity index is 2.68. The minimum atomic E-state index is -0.162. The highest BCUT2D eigenvalue weighted by atomic mass is 16.2. The summed E-state index contributed by atoms with van der Waals surface area (Å²) < 4.78 is 0. The van der Waals surface area contributed by atoms with Crippen molar-refractivity contribution in [2.24, 2.45) is 0 Å². The zero-order valence-electron chi connectivity index (χ0n) is 8.12. The first-order valence-corrected chi connectivity index (χ1v) is 4.76. The van der Waals surface area contributed by atoms with Crippen LogP contribution in [0.5, 0.6) is 0 Å². The van der Waals surface area contributed by atoms with Crippen LogP contribution in [0.4, 0.5) is 0 Å². The minimum absolute atomic E-state index is 0.0833. The zero-order valence-corrected chi connectivity index (χ0v) is 8.12. The number of rotatable bonds is 4. The van der Waals surface area contributed by atoms with Crippen LogP contribution in [0, 0.1) is 0 Å². The molecule has 1 heterocycles. The van der Waals surface area contributed by atoms with Crippen molar-refractivity contribution < 1.29 is 9.59 Å². The van der Waals surface area contributed by atoms with Gasteiger partial charge in [0.2, 0.25) is 0 Å². The standard InChI is InChI=1S/C10H15NO2/c1-3-5-8(4-2)11-9(12)6-7-10(11)13/h6-8H,3-5H2,1-2H3/t8-/m0/s1. The summed E-state index contributed by atoms with van der Waals surface area (Å²) in [7, 11) is 0. The van der Waals surface area contributed by atoms with Crippen LogP contribution in [-0.4, -0.2) is 22.8 Å². The molecule has 3 heteroatoms. The topological polar surface area (TPSA) is 37.4 Å². The van der Waals surface area contributed by atoms with E-state index in [-0.39, 0.29) is 17.9 Å². The van der Waals surface area contributed by atoms with Gasteiger partial charge in [0.1, 0.15) is 0 Å². The van der Waals surface area contributed by atoms with E-state index in [4.69, 9.17) is 0 Å². The summed E-state index contributed by atoms with van der Waals surface area (Å²) in [6.45, 7) is 4.06. The van der Waals surface area contributed by atoms with Gasteiger partial charge < -0.3 is 0 Å². The van der Waals surface area contributed by atoms with Crippen LogP contribution in [-0.2, 0) is 9.59 Å². The summed E-state index contributed by atoms with van der Waals surface area (Å²) in [5.41, 5.74) is 0. The summed E-state index contributed by atoms with van der Waals surface area (Å²) in [5, 5.41) is 0. The summed E-state index contributed by atoms with van der Waals surface area (Å²) in [5.74, 6) is -0.324. The lowest BCUT2D eigenvalue weighted by Gasteiger charge is -2.24. The first-order valence-electron chi connectivity index (χ1n) is 4.76. The molecule has 2 amide bonds. The molecule has 0 bridgehead atoms. The maximum Gasteiger partial charge on any atom is 0.253 e. The van der Waals surface area contributed by atoms with Crippen molar-refractivity contribution in [2.45, 2.75) is 39.2 Å². The Bertz CT molecular complexity index is 227.